The summed E-state index contributed by atoms with van der Waals surface area (Å²) in [4.78, 5) is 37.3. The van der Waals surface area contributed by atoms with Crippen molar-refractivity contribution in [3.05, 3.63) is 52.7 Å². The van der Waals surface area contributed by atoms with Crippen LogP contribution in [0.4, 0.5) is 5.82 Å². The van der Waals surface area contributed by atoms with Gasteiger partial charge in [-0.15, -0.1) is 11.3 Å². The van der Waals surface area contributed by atoms with Gasteiger partial charge in [0, 0.05) is 43.5 Å². The fraction of sp³-hybridized carbons (Fsp3) is 0.333. The Morgan fingerprint density at radius 2 is 2.13 bits per heavy atom. The van der Waals surface area contributed by atoms with E-state index in [1.54, 1.807) is 36.5 Å². The van der Waals surface area contributed by atoms with Crippen molar-refractivity contribution in [2.24, 2.45) is 0 Å². The number of hydrogen-bond donors (Lipinski definition) is 2. The fourth-order valence-corrected chi connectivity index (χ4v) is 4.67. The second kappa shape index (κ2) is 9.38. The van der Waals surface area contributed by atoms with E-state index in [-0.39, 0.29) is 17.6 Å². The van der Waals surface area contributed by atoms with Crippen molar-refractivity contribution in [3.8, 4) is 0 Å². The Bertz CT molecular complexity index is 1100. The Kier molecular flexibility index (Phi) is 6.40. The van der Waals surface area contributed by atoms with Crippen LogP contribution in [0.3, 0.4) is 0 Å². The summed E-state index contributed by atoms with van der Waals surface area (Å²) in [5, 5.41) is 3.72. The zero-order valence-electron chi connectivity index (χ0n) is 17.0. The van der Waals surface area contributed by atoms with E-state index < -0.39 is 6.10 Å². The van der Waals surface area contributed by atoms with Crippen LogP contribution in [0.5, 0.6) is 0 Å². The molecule has 3 aromatic rings. The van der Waals surface area contributed by atoms with Gasteiger partial charge in [-0.05, 0) is 18.2 Å². The molecule has 4 rings (SSSR count). The van der Waals surface area contributed by atoms with Crippen molar-refractivity contribution < 1.29 is 19.1 Å². The maximum Gasteiger partial charge on any atom is 0.261 e. The standard InChI is InChI=1S/C21H23N5O4S/c1-29-10-8-24-19(27)17-16(13-4-2-7-25-20(13)31-17)15-12-26(9-11-30-15)21(28)14-5-3-6-23-18(14)22/h2-7,15H,8-12H2,1H3,(H2,22,23)(H,24,27)/t15-/m1/s1. The third kappa shape index (κ3) is 4.36. The van der Waals surface area contributed by atoms with Gasteiger partial charge in [0.15, 0.2) is 0 Å². The molecular formula is C21H23N5O4S. The van der Waals surface area contributed by atoms with E-state index in [9.17, 15) is 9.59 Å². The van der Waals surface area contributed by atoms with Crippen LogP contribution < -0.4 is 11.1 Å². The maximum absolute atomic E-state index is 13.0. The van der Waals surface area contributed by atoms with Gasteiger partial charge in [-0.2, -0.15) is 0 Å². The predicted octanol–water partition coefficient (Wildman–Crippen LogP) is 1.86. The van der Waals surface area contributed by atoms with Gasteiger partial charge >= 0.3 is 0 Å². The molecule has 162 valence electrons. The second-order valence-corrected chi connectivity index (χ2v) is 8.00. The van der Waals surface area contributed by atoms with Gasteiger partial charge in [0.1, 0.15) is 21.6 Å². The molecule has 0 unspecified atom stereocenters. The number of amides is 2. The Morgan fingerprint density at radius 3 is 2.94 bits per heavy atom. The third-order valence-electron chi connectivity index (χ3n) is 5.05. The molecule has 1 fully saturated rings. The first-order chi connectivity index (χ1) is 15.1. The number of ether oxygens (including phenoxy) is 2. The minimum Gasteiger partial charge on any atom is -0.383 e. The number of pyridine rings is 2. The van der Waals surface area contributed by atoms with E-state index in [0.717, 1.165) is 15.8 Å². The van der Waals surface area contributed by atoms with E-state index >= 15 is 0 Å². The minimum absolute atomic E-state index is 0.193. The Hall–Kier alpha value is -3.08. The van der Waals surface area contributed by atoms with Gasteiger partial charge in [0.05, 0.1) is 25.3 Å². The largest absolute Gasteiger partial charge is 0.383 e. The molecule has 31 heavy (non-hydrogen) atoms. The smallest absolute Gasteiger partial charge is 0.261 e. The molecule has 3 N–H and O–H groups in total. The van der Waals surface area contributed by atoms with Crippen LogP contribution in [0.25, 0.3) is 10.2 Å². The quantitative estimate of drug-likeness (QED) is 0.560. The SMILES string of the molecule is COCCNC(=O)c1sc2ncccc2c1[C@H]1CN(C(=O)c2cccnc2N)CCO1. The van der Waals surface area contributed by atoms with Crippen molar-refractivity contribution in [1.29, 1.82) is 0 Å². The zero-order valence-corrected chi connectivity index (χ0v) is 17.9. The van der Waals surface area contributed by atoms with Crippen molar-refractivity contribution >= 4 is 39.2 Å². The van der Waals surface area contributed by atoms with Crippen LogP contribution >= 0.6 is 11.3 Å². The molecule has 1 aliphatic heterocycles. The number of hydrogen-bond acceptors (Lipinski definition) is 8. The monoisotopic (exact) mass is 441 g/mol. The molecule has 3 aromatic heterocycles. The minimum atomic E-state index is -0.461. The van der Waals surface area contributed by atoms with E-state index in [1.165, 1.54) is 11.3 Å². The molecule has 0 aliphatic carbocycles. The summed E-state index contributed by atoms with van der Waals surface area (Å²) in [5.74, 6) is -0.222. The highest BCUT2D eigenvalue weighted by Crippen LogP contribution is 2.37. The van der Waals surface area contributed by atoms with Crippen LogP contribution in [0, 0.1) is 0 Å². The highest BCUT2D eigenvalue weighted by Gasteiger charge is 2.32. The number of carbonyl (C=O) groups is 2. The van der Waals surface area contributed by atoms with E-state index in [0.29, 0.717) is 43.3 Å². The first-order valence-electron chi connectivity index (χ1n) is 9.86. The van der Waals surface area contributed by atoms with Gasteiger partial charge in [-0.25, -0.2) is 9.97 Å². The van der Waals surface area contributed by atoms with Crippen LogP contribution in [-0.2, 0) is 9.47 Å². The Labute approximate surface area is 183 Å². The lowest BCUT2D eigenvalue weighted by Crippen LogP contribution is -2.43. The van der Waals surface area contributed by atoms with Crippen molar-refractivity contribution in [1.82, 2.24) is 20.2 Å². The number of thiophene rings is 1. The lowest BCUT2D eigenvalue weighted by molar-refractivity contribution is -0.0222. The number of methoxy groups -OCH3 is 1. The first-order valence-corrected chi connectivity index (χ1v) is 10.7. The van der Waals surface area contributed by atoms with Crippen molar-refractivity contribution in [2.45, 2.75) is 6.10 Å². The van der Waals surface area contributed by atoms with Crippen LogP contribution in [0.1, 0.15) is 31.7 Å². The average Bonchev–Trinajstić information content (AvgIpc) is 3.19. The number of rotatable bonds is 6. The maximum atomic E-state index is 13.0. The topological polar surface area (TPSA) is 120 Å². The number of carbonyl (C=O) groups excluding carboxylic acids is 2. The molecule has 0 saturated carbocycles. The summed E-state index contributed by atoms with van der Waals surface area (Å²) in [6.07, 6.45) is 2.78. The molecule has 10 heteroatoms. The molecule has 1 aliphatic rings. The summed E-state index contributed by atoms with van der Waals surface area (Å²) in [5.41, 5.74) is 7.00. The number of anilines is 1. The molecule has 1 saturated heterocycles. The van der Waals surface area contributed by atoms with Crippen molar-refractivity contribution in [3.63, 3.8) is 0 Å². The van der Waals surface area contributed by atoms with Gasteiger partial charge in [-0.3, -0.25) is 9.59 Å². The first kappa shape index (κ1) is 21.2. The van der Waals surface area contributed by atoms with E-state index in [1.807, 2.05) is 12.1 Å². The van der Waals surface area contributed by atoms with Crippen molar-refractivity contribution in [2.75, 3.05) is 45.7 Å². The number of nitrogens with two attached hydrogens (primary N) is 1. The van der Waals surface area contributed by atoms with Gasteiger partial charge in [-0.1, -0.05) is 6.07 Å². The fourth-order valence-electron chi connectivity index (χ4n) is 3.56. The molecule has 0 bridgehead atoms. The van der Waals surface area contributed by atoms with Gasteiger partial charge in [0.25, 0.3) is 11.8 Å². The molecule has 1 atom stereocenters. The Morgan fingerprint density at radius 1 is 1.32 bits per heavy atom. The highest BCUT2D eigenvalue weighted by molar-refractivity contribution is 7.20. The average molecular weight is 442 g/mol. The second-order valence-electron chi connectivity index (χ2n) is 7.00. The summed E-state index contributed by atoms with van der Waals surface area (Å²) < 4.78 is 11.0. The summed E-state index contributed by atoms with van der Waals surface area (Å²) in [7, 11) is 1.58. The molecule has 9 nitrogen and oxygen atoms in total. The number of aromatic nitrogens is 2. The summed E-state index contributed by atoms with van der Waals surface area (Å²) in [6, 6.07) is 7.09. The van der Waals surface area contributed by atoms with Crippen LogP contribution in [0.15, 0.2) is 36.7 Å². The molecule has 0 aromatic carbocycles. The number of fused-ring (bicyclic) bond motifs is 1. The summed E-state index contributed by atoms with van der Waals surface area (Å²) >= 11 is 1.31. The van der Waals surface area contributed by atoms with Crippen LogP contribution in [0.2, 0.25) is 0 Å². The van der Waals surface area contributed by atoms with E-state index in [4.69, 9.17) is 15.2 Å². The normalized spacial score (nSPS) is 16.4. The zero-order chi connectivity index (χ0) is 21.8. The molecule has 0 spiro atoms. The number of nitrogens with zero attached hydrogens (tertiary/aromatic N) is 3. The van der Waals surface area contributed by atoms with Gasteiger partial charge in [0.2, 0.25) is 0 Å². The number of nitrogen functional groups attached to an aromatic ring is 1. The molecular weight excluding hydrogens is 418 g/mol. The predicted molar refractivity (Wildman–Crippen MR) is 117 cm³/mol. The molecule has 0 radical (unpaired) electrons. The highest BCUT2D eigenvalue weighted by atomic mass is 32.1. The lowest BCUT2D eigenvalue weighted by atomic mass is 10.0. The lowest BCUT2D eigenvalue weighted by Gasteiger charge is -2.33. The van der Waals surface area contributed by atoms with Gasteiger partial charge < -0.3 is 25.4 Å². The molecule has 2 amide bonds. The molecule has 4 heterocycles. The number of nitrogens with one attached hydrogen (secondary N) is 1. The van der Waals surface area contributed by atoms with E-state index in [2.05, 4.69) is 15.3 Å². The number of morpholine rings is 1. The Balaban J connectivity index is 1.64. The third-order valence-corrected chi connectivity index (χ3v) is 6.18. The summed E-state index contributed by atoms with van der Waals surface area (Å²) in [6.45, 7) is 1.89. The van der Waals surface area contributed by atoms with Crippen LogP contribution in [-0.4, -0.2) is 66.6 Å².